The summed E-state index contributed by atoms with van der Waals surface area (Å²) in [5.74, 6) is 1.58. The molecule has 100 valence electrons. The fourth-order valence-corrected chi connectivity index (χ4v) is 3.02. The van der Waals surface area contributed by atoms with E-state index in [0.717, 1.165) is 44.4 Å². The molecule has 1 aliphatic heterocycles. The Balaban J connectivity index is 1.78. The van der Waals surface area contributed by atoms with Crippen LogP contribution in [0.3, 0.4) is 0 Å². The average Bonchev–Trinajstić information content (AvgIpc) is 2.40. The molecule has 0 amide bonds. The lowest BCUT2D eigenvalue weighted by Crippen LogP contribution is -2.52. The summed E-state index contributed by atoms with van der Waals surface area (Å²) in [6.45, 7) is 5.49. The van der Waals surface area contributed by atoms with Crippen molar-refractivity contribution < 1.29 is 9.84 Å². The van der Waals surface area contributed by atoms with Crippen LogP contribution in [0.25, 0.3) is 0 Å². The van der Waals surface area contributed by atoms with Crippen LogP contribution in [0.4, 0.5) is 0 Å². The van der Waals surface area contributed by atoms with Crippen molar-refractivity contribution in [1.82, 2.24) is 5.32 Å². The van der Waals surface area contributed by atoms with Crippen LogP contribution in [0.15, 0.2) is 0 Å². The Hall–Kier alpha value is -0.120. The predicted molar refractivity (Wildman–Crippen MR) is 69.0 cm³/mol. The summed E-state index contributed by atoms with van der Waals surface area (Å²) in [6.07, 6.45) is 7.11. The fraction of sp³-hybridized carbons (Fsp3) is 1.00. The largest absolute Gasteiger partial charge is 0.394 e. The van der Waals surface area contributed by atoms with Gasteiger partial charge in [0.1, 0.15) is 0 Å². The molecule has 2 aliphatic rings. The second-order valence-corrected chi connectivity index (χ2v) is 6.06. The van der Waals surface area contributed by atoms with Gasteiger partial charge in [-0.3, -0.25) is 0 Å². The Labute approximate surface area is 105 Å². The maximum Gasteiger partial charge on any atom is 0.0613 e. The van der Waals surface area contributed by atoms with Crippen molar-refractivity contribution in [3.8, 4) is 0 Å². The maximum atomic E-state index is 9.67. The van der Waals surface area contributed by atoms with Crippen LogP contribution in [0.5, 0.6) is 0 Å². The van der Waals surface area contributed by atoms with Gasteiger partial charge in [-0.05, 0) is 56.9 Å². The van der Waals surface area contributed by atoms with Gasteiger partial charge in [-0.1, -0.05) is 6.92 Å². The van der Waals surface area contributed by atoms with E-state index in [4.69, 9.17) is 4.74 Å². The molecule has 0 spiro atoms. The Kier molecular flexibility index (Phi) is 4.83. The molecule has 1 saturated carbocycles. The van der Waals surface area contributed by atoms with Crippen molar-refractivity contribution in [1.29, 1.82) is 0 Å². The smallest absolute Gasteiger partial charge is 0.0613 e. The van der Waals surface area contributed by atoms with E-state index < -0.39 is 0 Å². The first-order valence-corrected chi connectivity index (χ1v) is 7.18. The molecule has 3 nitrogen and oxygen atoms in total. The highest BCUT2D eigenvalue weighted by atomic mass is 16.5. The summed E-state index contributed by atoms with van der Waals surface area (Å²) in [6, 6.07) is 0. The molecule has 0 aromatic heterocycles. The summed E-state index contributed by atoms with van der Waals surface area (Å²) in [7, 11) is 0. The SMILES string of the molecule is CC1CCC(CO)(NCC2CCOCC2)CC1. The molecule has 0 aromatic carbocycles. The standard InChI is InChI=1S/C14H27NO2/c1-12-2-6-14(11-16,7-3-12)15-10-13-4-8-17-9-5-13/h12-13,15-16H,2-11H2,1H3. The number of nitrogens with one attached hydrogen (secondary N) is 1. The normalized spacial score (nSPS) is 36.0. The minimum absolute atomic E-state index is 0.0187. The third kappa shape index (κ3) is 3.67. The number of aliphatic hydroxyl groups excluding tert-OH is 1. The Bertz CT molecular complexity index is 218. The molecule has 0 unspecified atom stereocenters. The van der Waals surface area contributed by atoms with Crippen molar-refractivity contribution >= 4 is 0 Å². The topological polar surface area (TPSA) is 41.5 Å². The zero-order chi connectivity index (χ0) is 12.1. The number of rotatable bonds is 4. The van der Waals surface area contributed by atoms with Crippen LogP contribution in [0.2, 0.25) is 0 Å². The van der Waals surface area contributed by atoms with Crippen molar-refractivity contribution in [2.75, 3.05) is 26.4 Å². The summed E-state index contributed by atoms with van der Waals surface area (Å²) in [5.41, 5.74) is 0.0187. The third-order valence-electron chi connectivity index (χ3n) is 4.64. The van der Waals surface area contributed by atoms with Crippen LogP contribution in [-0.2, 0) is 4.74 Å². The first-order chi connectivity index (χ1) is 8.24. The van der Waals surface area contributed by atoms with E-state index in [9.17, 15) is 5.11 Å². The van der Waals surface area contributed by atoms with Gasteiger partial charge in [0, 0.05) is 18.8 Å². The van der Waals surface area contributed by atoms with E-state index >= 15 is 0 Å². The number of aliphatic hydroxyl groups is 1. The highest BCUT2D eigenvalue weighted by Crippen LogP contribution is 2.32. The monoisotopic (exact) mass is 241 g/mol. The lowest BCUT2D eigenvalue weighted by Gasteiger charge is -2.40. The number of ether oxygens (including phenoxy) is 1. The van der Waals surface area contributed by atoms with Crippen LogP contribution in [0, 0.1) is 11.8 Å². The minimum atomic E-state index is 0.0187. The fourth-order valence-electron chi connectivity index (χ4n) is 3.02. The van der Waals surface area contributed by atoms with Crippen LogP contribution >= 0.6 is 0 Å². The Morgan fingerprint density at radius 3 is 2.41 bits per heavy atom. The van der Waals surface area contributed by atoms with E-state index in [2.05, 4.69) is 12.2 Å². The van der Waals surface area contributed by atoms with E-state index in [1.807, 2.05) is 0 Å². The van der Waals surface area contributed by atoms with Crippen molar-refractivity contribution in [3.05, 3.63) is 0 Å². The second kappa shape index (κ2) is 6.17. The van der Waals surface area contributed by atoms with Crippen LogP contribution in [-0.4, -0.2) is 37.0 Å². The number of hydrogen-bond donors (Lipinski definition) is 2. The van der Waals surface area contributed by atoms with E-state index in [0.29, 0.717) is 6.61 Å². The molecule has 0 radical (unpaired) electrons. The van der Waals surface area contributed by atoms with E-state index in [1.165, 1.54) is 25.7 Å². The maximum absolute atomic E-state index is 9.67. The molecule has 1 heterocycles. The summed E-state index contributed by atoms with van der Waals surface area (Å²) in [5, 5.41) is 13.3. The average molecular weight is 241 g/mol. The molecule has 0 bridgehead atoms. The zero-order valence-corrected chi connectivity index (χ0v) is 11.1. The number of hydrogen-bond acceptors (Lipinski definition) is 3. The van der Waals surface area contributed by atoms with Gasteiger partial charge < -0.3 is 15.2 Å². The van der Waals surface area contributed by atoms with Crippen molar-refractivity contribution in [2.24, 2.45) is 11.8 Å². The zero-order valence-electron chi connectivity index (χ0n) is 11.1. The summed E-state index contributed by atoms with van der Waals surface area (Å²) >= 11 is 0. The molecule has 3 heteroatoms. The van der Waals surface area contributed by atoms with Gasteiger partial charge in [-0.25, -0.2) is 0 Å². The Morgan fingerprint density at radius 1 is 1.18 bits per heavy atom. The van der Waals surface area contributed by atoms with E-state index in [1.54, 1.807) is 0 Å². The van der Waals surface area contributed by atoms with Gasteiger partial charge in [0.05, 0.1) is 6.61 Å². The first-order valence-electron chi connectivity index (χ1n) is 7.18. The van der Waals surface area contributed by atoms with Gasteiger partial charge in [-0.2, -0.15) is 0 Å². The Morgan fingerprint density at radius 2 is 1.82 bits per heavy atom. The molecule has 0 aromatic rings. The highest BCUT2D eigenvalue weighted by Gasteiger charge is 2.33. The summed E-state index contributed by atoms with van der Waals surface area (Å²) < 4.78 is 5.38. The van der Waals surface area contributed by atoms with E-state index in [-0.39, 0.29) is 5.54 Å². The quantitative estimate of drug-likeness (QED) is 0.790. The molecule has 1 saturated heterocycles. The summed E-state index contributed by atoms with van der Waals surface area (Å²) in [4.78, 5) is 0. The highest BCUT2D eigenvalue weighted by molar-refractivity contribution is 4.92. The van der Waals surface area contributed by atoms with Crippen LogP contribution in [0.1, 0.15) is 45.4 Å². The van der Waals surface area contributed by atoms with Gasteiger partial charge in [0.25, 0.3) is 0 Å². The molecule has 1 aliphatic carbocycles. The van der Waals surface area contributed by atoms with Gasteiger partial charge in [0.2, 0.25) is 0 Å². The molecule has 2 fully saturated rings. The lowest BCUT2D eigenvalue weighted by atomic mass is 9.77. The molecule has 2 rings (SSSR count). The minimum Gasteiger partial charge on any atom is -0.394 e. The molecule has 2 N–H and O–H groups in total. The lowest BCUT2D eigenvalue weighted by molar-refractivity contribution is 0.0537. The van der Waals surface area contributed by atoms with Crippen molar-refractivity contribution in [3.63, 3.8) is 0 Å². The molecular formula is C14H27NO2. The van der Waals surface area contributed by atoms with Crippen molar-refractivity contribution in [2.45, 2.75) is 51.0 Å². The molecular weight excluding hydrogens is 214 g/mol. The second-order valence-electron chi connectivity index (χ2n) is 6.06. The van der Waals surface area contributed by atoms with Crippen LogP contribution < -0.4 is 5.32 Å². The molecule has 0 atom stereocenters. The van der Waals surface area contributed by atoms with Gasteiger partial charge >= 0.3 is 0 Å². The van der Waals surface area contributed by atoms with Gasteiger partial charge in [-0.15, -0.1) is 0 Å². The predicted octanol–water partition coefficient (Wildman–Crippen LogP) is 1.94. The molecule has 17 heavy (non-hydrogen) atoms. The first kappa shape index (κ1) is 13.3. The third-order valence-corrected chi connectivity index (χ3v) is 4.64. The van der Waals surface area contributed by atoms with Gasteiger partial charge in [0.15, 0.2) is 0 Å².